The fourth-order valence-electron chi connectivity index (χ4n) is 2.56. The van der Waals surface area contributed by atoms with Gasteiger partial charge in [0.15, 0.2) is 5.03 Å². The van der Waals surface area contributed by atoms with E-state index in [0.29, 0.717) is 19.3 Å². The predicted molar refractivity (Wildman–Crippen MR) is 71.9 cm³/mol. The summed E-state index contributed by atoms with van der Waals surface area (Å²) in [5.41, 5.74) is -1.10. The first-order valence-electron chi connectivity index (χ1n) is 6.12. The summed E-state index contributed by atoms with van der Waals surface area (Å²) in [5, 5.41) is 12.9. The third-order valence-electron chi connectivity index (χ3n) is 3.84. The smallest absolute Gasteiger partial charge is 0.310 e. The second kappa shape index (κ2) is 5.01. The summed E-state index contributed by atoms with van der Waals surface area (Å²) in [5.74, 6) is -1.00. The van der Waals surface area contributed by atoms with Gasteiger partial charge in [-0.1, -0.05) is 18.0 Å². The second-order valence-electron chi connectivity index (χ2n) is 5.21. The summed E-state index contributed by atoms with van der Waals surface area (Å²) in [4.78, 5) is 11.4. The number of halogens is 1. The lowest BCUT2D eigenvalue weighted by atomic mass is 9.85. The maximum Gasteiger partial charge on any atom is 0.310 e. The summed E-state index contributed by atoms with van der Waals surface area (Å²) >= 11 is 5.83. The maximum atomic E-state index is 12.4. The van der Waals surface area contributed by atoms with Gasteiger partial charge in [-0.25, -0.2) is 13.1 Å². The number of aromatic nitrogens is 2. The molecule has 112 valence electrons. The average molecular weight is 322 g/mol. The van der Waals surface area contributed by atoms with E-state index >= 15 is 0 Å². The van der Waals surface area contributed by atoms with Crippen molar-refractivity contribution in [1.82, 2.24) is 14.5 Å². The largest absolute Gasteiger partial charge is 0.481 e. The summed E-state index contributed by atoms with van der Waals surface area (Å²) in [6.45, 7) is 1.56. The Morgan fingerprint density at radius 1 is 1.65 bits per heavy atom. The van der Waals surface area contributed by atoms with E-state index in [1.165, 1.54) is 13.2 Å². The highest BCUT2D eigenvalue weighted by Gasteiger charge is 2.47. The standard InChI is InChI=1S/C11H16ClN3O4S/c1-11(10(16)17)5-3-4-8(11)14-20(18,19)9-7(12)6-13-15(9)2/h6,8,14H,3-5H2,1-2H3,(H,16,17). The monoisotopic (exact) mass is 321 g/mol. The number of hydrogen-bond acceptors (Lipinski definition) is 4. The number of carboxylic acids is 1. The Morgan fingerprint density at radius 2 is 2.30 bits per heavy atom. The average Bonchev–Trinajstić information content (AvgIpc) is 2.84. The number of nitrogens with one attached hydrogen (secondary N) is 1. The zero-order valence-electron chi connectivity index (χ0n) is 11.1. The van der Waals surface area contributed by atoms with E-state index in [4.69, 9.17) is 11.6 Å². The Morgan fingerprint density at radius 3 is 2.80 bits per heavy atom. The van der Waals surface area contributed by atoms with Crippen molar-refractivity contribution < 1.29 is 18.3 Å². The Balaban J connectivity index is 2.32. The molecule has 1 aromatic heterocycles. The topological polar surface area (TPSA) is 101 Å². The van der Waals surface area contributed by atoms with E-state index in [0.717, 1.165) is 4.68 Å². The van der Waals surface area contributed by atoms with Gasteiger partial charge in [0, 0.05) is 13.1 Å². The Labute approximate surface area is 122 Å². The molecule has 1 aliphatic rings. The van der Waals surface area contributed by atoms with Gasteiger partial charge in [-0.15, -0.1) is 0 Å². The quantitative estimate of drug-likeness (QED) is 0.861. The lowest BCUT2D eigenvalue weighted by Gasteiger charge is -2.27. The molecule has 1 fully saturated rings. The Bertz CT molecular complexity index is 623. The summed E-state index contributed by atoms with van der Waals surface area (Å²) in [7, 11) is -2.45. The van der Waals surface area contributed by atoms with Crippen LogP contribution in [0.4, 0.5) is 0 Å². The zero-order valence-corrected chi connectivity index (χ0v) is 12.7. The van der Waals surface area contributed by atoms with Crippen LogP contribution in [0.25, 0.3) is 0 Å². The van der Waals surface area contributed by atoms with Crippen molar-refractivity contribution in [2.45, 2.75) is 37.3 Å². The minimum Gasteiger partial charge on any atom is -0.481 e. The zero-order chi connectivity index (χ0) is 15.1. The van der Waals surface area contributed by atoms with Gasteiger partial charge in [-0.05, 0) is 19.8 Å². The number of rotatable bonds is 4. The van der Waals surface area contributed by atoms with Crippen LogP contribution in [0.1, 0.15) is 26.2 Å². The molecule has 20 heavy (non-hydrogen) atoms. The molecule has 0 amide bonds. The van der Waals surface area contributed by atoms with Crippen molar-refractivity contribution in [2.75, 3.05) is 0 Å². The first kappa shape index (κ1) is 15.3. The Hall–Kier alpha value is -1.12. The van der Waals surface area contributed by atoms with E-state index in [1.54, 1.807) is 6.92 Å². The van der Waals surface area contributed by atoms with Gasteiger partial charge in [0.1, 0.15) is 0 Å². The first-order chi connectivity index (χ1) is 9.18. The molecule has 1 heterocycles. The molecule has 0 aliphatic heterocycles. The molecule has 2 N–H and O–H groups in total. The van der Waals surface area contributed by atoms with Gasteiger partial charge in [0.25, 0.3) is 10.0 Å². The van der Waals surface area contributed by atoms with Crippen LogP contribution >= 0.6 is 11.6 Å². The molecule has 2 unspecified atom stereocenters. The van der Waals surface area contributed by atoms with Gasteiger partial charge in [-0.3, -0.25) is 9.48 Å². The van der Waals surface area contributed by atoms with Crippen molar-refractivity contribution in [3.05, 3.63) is 11.2 Å². The van der Waals surface area contributed by atoms with Crippen LogP contribution in [-0.4, -0.2) is 35.3 Å². The van der Waals surface area contributed by atoms with E-state index in [-0.39, 0.29) is 10.0 Å². The minimum absolute atomic E-state index is 0.00928. The summed E-state index contributed by atoms with van der Waals surface area (Å²) in [6, 6.07) is -0.657. The lowest BCUT2D eigenvalue weighted by molar-refractivity contribution is -0.148. The highest BCUT2D eigenvalue weighted by Crippen LogP contribution is 2.39. The number of aliphatic carboxylic acids is 1. The summed E-state index contributed by atoms with van der Waals surface area (Å²) in [6.07, 6.45) is 2.82. The van der Waals surface area contributed by atoms with Crippen LogP contribution in [-0.2, 0) is 21.9 Å². The highest BCUT2D eigenvalue weighted by molar-refractivity contribution is 7.89. The minimum atomic E-state index is -3.91. The third kappa shape index (κ3) is 2.43. The molecule has 0 saturated heterocycles. The molecule has 7 nitrogen and oxygen atoms in total. The number of sulfonamides is 1. The molecule has 0 aromatic carbocycles. The molecule has 0 bridgehead atoms. The molecule has 0 radical (unpaired) electrons. The van der Waals surface area contributed by atoms with Crippen LogP contribution in [0, 0.1) is 5.41 Å². The molecule has 2 rings (SSSR count). The van der Waals surface area contributed by atoms with Crippen molar-refractivity contribution in [2.24, 2.45) is 12.5 Å². The van der Waals surface area contributed by atoms with Crippen molar-refractivity contribution >= 4 is 27.6 Å². The van der Waals surface area contributed by atoms with Crippen LogP contribution in [0.3, 0.4) is 0 Å². The number of aryl methyl sites for hydroxylation is 1. The molecule has 1 aliphatic carbocycles. The molecule has 0 spiro atoms. The van der Waals surface area contributed by atoms with Gasteiger partial charge in [0.05, 0.1) is 16.6 Å². The number of nitrogens with zero attached hydrogens (tertiary/aromatic N) is 2. The lowest BCUT2D eigenvalue weighted by Crippen LogP contribution is -2.47. The number of hydrogen-bond donors (Lipinski definition) is 2. The number of carboxylic acid groups (broad SMARTS) is 1. The fraction of sp³-hybridized carbons (Fsp3) is 0.636. The maximum absolute atomic E-state index is 12.4. The molecular weight excluding hydrogens is 306 g/mol. The molecule has 1 saturated carbocycles. The summed E-state index contributed by atoms with van der Waals surface area (Å²) < 4.78 is 28.3. The SMILES string of the molecule is Cn1ncc(Cl)c1S(=O)(=O)NC1CCCC1(C)C(=O)O. The fourth-order valence-corrected chi connectivity index (χ4v) is 4.60. The normalized spacial score (nSPS) is 26.9. The number of carbonyl (C=O) groups is 1. The Kier molecular flexibility index (Phi) is 3.83. The molecule has 2 atom stereocenters. The second-order valence-corrected chi connectivity index (χ2v) is 7.25. The highest BCUT2D eigenvalue weighted by atomic mass is 35.5. The van der Waals surface area contributed by atoms with E-state index in [9.17, 15) is 18.3 Å². The van der Waals surface area contributed by atoms with Crippen LogP contribution in [0.2, 0.25) is 5.02 Å². The van der Waals surface area contributed by atoms with Gasteiger partial charge in [0.2, 0.25) is 0 Å². The van der Waals surface area contributed by atoms with Crippen molar-refractivity contribution in [3.8, 4) is 0 Å². The molecule has 9 heteroatoms. The van der Waals surface area contributed by atoms with Gasteiger partial charge < -0.3 is 5.11 Å². The van der Waals surface area contributed by atoms with E-state index in [2.05, 4.69) is 9.82 Å². The van der Waals surface area contributed by atoms with Gasteiger partial charge in [-0.2, -0.15) is 5.10 Å². The van der Waals surface area contributed by atoms with Crippen LogP contribution in [0.5, 0.6) is 0 Å². The van der Waals surface area contributed by atoms with E-state index < -0.39 is 27.4 Å². The van der Waals surface area contributed by atoms with E-state index in [1.807, 2.05) is 0 Å². The van der Waals surface area contributed by atoms with Gasteiger partial charge >= 0.3 is 5.97 Å². The van der Waals surface area contributed by atoms with Crippen molar-refractivity contribution in [1.29, 1.82) is 0 Å². The third-order valence-corrected chi connectivity index (χ3v) is 5.82. The first-order valence-corrected chi connectivity index (χ1v) is 7.98. The molecule has 1 aromatic rings. The van der Waals surface area contributed by atoms with Crippen LogP contribution in [0.15, 0.2) is 11.2 Å². The van der Waals surface area contributed by atoms with Crippen LogP contribution < -0.4 is 4.72 Å². The molecular formula is C11H16ClN3O4S. The predicted octanol–water partition coefficient (Wildman–Crippen LogP) is 0.995. The van der Waals surface area contributed by atoms with Crippen molar-refractivity contribution in [3.63, 3.8) is 0 Å².